The standard InChI is InChI=1S/C19H29ClN2O4S2/c1-26-18-10-9-15(14-17(18)20)22(28(2,24)25)12-5-8-19(23)21-11-13-27-16-6-3-4-7-16/h9-10,14,16H,3-8,11-13H2,1-2H3,(H,21,23). The molecule has 9 heteroatoms. The molecule has 0 atom stereocenters. The maximum absolute atomic E-state index is 12.2. The van der Waals surface area contributed by atoms with E-state index in [1.54, 1.807) is 18.2 Å². The average molecular weight is 449 g/mol. The molecule has 0 aromatic heterocycles. The summed E-state index contributed by atoms with van der Waals surface area (Å²) in [6, 6.07) is 4.83. The molecule has 6 nitrogen and oxygen atoms in total. The number of methoxy groups -OCH3 is 1. The maximum Gasteiger partial charge on any atom is 0.232 e. The maximum atomic E-state index is 12.2. The van der Waals surface area contributed by atoms with Gasteiger partial charge in [-0.05, 0) is 37.5 Å². The van der Waals surface area contributed by atoms with Gasteiger partial charge in [0.2, 0.25) is 15.9 Å². The number of thioether (sulfide) groups is 1. The molecule has 0 spiro atoms. The van der Waals surface area contributed by atoms with Gasteiger partial charge in [-0.2, -0.15) is 11.8 Å². The molecule has 0 aliphatic heterocycles. The summed E-state index contributed by atoms with van der Waals surface area (Å²) >= 11 is 8.05. The number of anilines is 1. The summed E-state index contributed by atoms with van der Waals surface area (Å²) in [5.74, 6) is 1.36. The van der Waals surface area contributed by atoms with Crippen LogP contribution in [0.1, 0.15) is 38.5 Å². The second-order valence-corrected chi connectivity index (χ2v) is 10.6. The molecule has 0 saturated heterocycles. The lowest BCUT2D eigenvalue weighted by atomic mass is 10.2. The number of nitrogens with one attached hydrogen (secondary N) is 1. The van der Waals surface area contributed by atoms with Gasteiger partial charge in [-0.25, -0.2) is 8.42 Å². The van der Waals surface area contributed by atoms with Gasteiger partial charge in [-0.1, -0.05) is 24.4 Å². The number of halogens is 1. The monoisotopic (exact) mass is 448 g/mol. The molecule has 1 fully saturated rings. The number of sulfonamides is 1. The lowest BCUT2D eigenvalue weighted by Gasteiger charge is -2.23. The van der Waals surface area contributed by atoms with Crippen LogP contribution in [0.25, 0.3) is 0 Å². The number of hydrogen-bond acceptors (Lipinski definition) is 5. The molecule has 1 aliphatic rings. The normalized spacial score (nSPS) is 14.8. The van der Waals surface area contributed by atoms with E-state index in [0.717, 1.165) is 17.3 Å². The zero-order valence-electron chi connectivity index (χ0n) is 16.4. The van der Waals surface area contributed by atoms with Gasteiger partial charge in [0.15, 0.2) is 0 Å². The average Bonchev–Trinajstić information content (AvgIpc) is 3.15. The number of rotatable bonds is 11. The summed E-state index contributed by atoms with van der Waals surface area (Å²) in [4.78, 5) is 12.0. The number of benzene rings is 1. The SMILES string of the molecule is COc1ccc(N(CCCC(=O)NCCSC2CCCC2)S(C)(=O)=O)cc1Cl. The molecule has 0 heterocycles. The smallest absolute Gasteiger partial charge is 0.232 e. The van der Waals surface area contributed by atoms with Crippen molar-refractivity contribution in [2.75, 3.05) is 36.5 Å². The number of amides is 1. The Morgan fingerprint density at radius 1 is 1.36 bits per heavy atom. The van der Waals surface area contributed by atoms with Crippen molar-refractivity contribution in [3.8, 4) is 5.75 Å². The molecule has 158 valence electrons. The molecule has 0 bridgehead atoms. The van der Waals surface area contributed by atoms with Crippen molar-refractivity contribution in [2.45, 2.75) is 43.8 Å². The van der Waals surface area contributed by atoms with E-state index in [2.05, 4.69) is 5.32 Å². The molecule has 1 amide bonds. The van der Waals surface area contributed by atoms with Gasteiger partial charge in [0, 0.05) is 30.5 Å². The summed E-state index contributed by atoms with van der Waals surface area (Å²) < 4.78 is 30.7. The number of ether oxygens (including phenoxy) is 1. The molecule has 2 rings (SSSR count). The third-order valence-electron chi connectivity index (χ3n) is 4.67. The number of hydrogen-bond donors (Lipinski definition) is 1. The van der Waals surface area contributed by atoms with Crippen LogP contribution in [0.3, 0.4) is 0 Å². The number of nitrogens with zero attached hydrogens (tertiary/aromatic N) is 1. The first-order valence-corrected chi connectivity index (χ1v) is 12.8. The molecule has 1 aromatic rings. The Labute approximate surface area is 177 Å². The van der Waals surface area contributed by atoms with E-state index in [0.29, 0.717) is 29.4 Å². The van der Waals surface area contributed by atoms with Gasteiger partial charge in [0.25, 0.3) is 0 Å². The van der Waals surface area contributed by atoms with Crippen LogP contribution in [-0.2, 0) is 14.8 Å². The van der Waals surface area contributed by atoms with Crippen molar-refractivity contribution in [3.63, 3.8) is 0 Å². The highest BCUT2D eigenvalue weighted by molar-refractivity contribution is 7.99. The fraction of sp³-hybridized carbons (Fsp3) is 0.632. The minimum absolute atomic E-state index is 0.0479. The predicted octanol–water partition coefficient (Wildman–Crippen LogP) is 3.69. The highest BCUT2D eigenvalue weighted by atomic mass is 35.5. The van der Waals surface area contributed by atoms with Gasteiger partial charge in [0.1, 0.15) is 5.75 Å². The Morgan fingerprint density at radius 2 is 2.07 bits per heavy atom. The summed E-state index contributed by atoms with van der Waals surface area (Å²) in [6.07, 6.45) is 7.07. The minimum Gasteiger partial charge on any atom is -0.495 e. The van der Waals surface area contributed by atoms with E-state index in [1.165, 1.54) is 37.1 Å². The van der Waals surface area contributed by atoms with Crippen LogP contribution in [0.2, 0.25) is 5.02 Å². The first kappa shape index (κ1) is 23.2. The molecule has 1 saturated carbocycles. The third kappa shape index (κ3) is 7.37. The molecular weight excluding hydrogens is 420 g/mol. The lowest BCUT2D eigenvalue weighted by molar-refractivity contribution is -0.121. The van der Waals surface area contributed by atoms with Gasteiger partial charge < -0.3 is 10.1 Å². The van der Waals surface area contributed by atoms with Crippen LogP contribution in [0.15, 0.2) is 18.2 Å². The Hall–Kier alpha value is -1.12. The van der Waals surface area contributed by atoms with E-state index in [9.17, 15) is 13.2 Å². The molecule has 1 aromatic carbocycles. The highest BCUT2D eigenvalue weighted by Gasteiger charge is 2.19. The van der Waals surface area contributed by atoms with Crippen LogP contribution in [0, 0.1) is 0 Å². The molecule has 0 unspecified atom stereocenters. The second kappa shape index (κ2) is 11.2. The van der Waals surface area contributed by atoms with Crippen molar-refractivity contribution < 1.29 is 17.9 Å². The first-order chi connectivity index (χ1) is 13.3. The Balaban J connectivity index is 1.78. The zero-order chi connectivity index (χ0) is 20.6. The second-order valence-electron chi connectivity index (χ2n) is 6.88. The molecule has 1 N–H and O–H groups in total. The third-order valence-corrected chi connectivity index (χ3v) is 7.54. The van der Waals surface area contributed by atoms with Gasteiger partial charge in [-0.3, -0.25) is 9.10 Å². The topological polar surface area (TPSA) is 75.7 Å². The minimum atomic E-state index is -3.48. The summed E-state index contributed by atoms with van der Waals surface area (Å²) in [6.45, 7) is 0.871. The quantitative estimate of drug-likeness (QED) is 0.522. The number of carbonyl (C=O) groups is 1. The lowest BCUT2D eigenvalue weighted by Crippen LogP contribution is -2.32. The predicted molar refractivity (Wildman–Crippen MR) is 117 cm³/mol. The van der Waals surface area contributed by atoms with Crippen LogP contribution in [0.4, 0.5) is 5.69 Å². The largest absolute Gasteiger partial charge is 0.495 e. The van der Waals surface area contributed by atoms with E-state index < -0.39 is 10.0 Å². The van der Waals surface area contributed by atoms with Crippen molar-refractivity contribution >= 4 is 45.0 Å². The molecular formula is C19H29ClN2O4S2. The first-order valence-electron chi connectivity index (χ1n) is 9.51. The fourth-order valence-electron chi connectivity index (χ4n) is 3.24. The summed E-state index contributed by atoms with van der Waals surface area (Å²) in [7, 11) is -1.98. The highest BCUT2D eigenvalue weighted by Crippen LogP contribution is 2.30. The van der Waals surface area contributed by atoms with E-state index in [1.807, 2.05) is 11.8 Å². The van der Waals surface area contributed by atoms with Crippen LogP contribution in [-0.4, -0.2) is 51.8 Å². The Bertz CT molecular complexity index is 752. The van der Waals surface area contributed by atoms with Crippen LogP contribution >= 0.6 is 23.4 Å². The summed E-state index contributed by atoms with van der Waals surface area (Å²) in [5.41, 5.74) is 0.460. The summed E-state index contributed by atoms with van der Waals surface area (Å²) in [5, 5.41) is 4.00. The Kier molecular flexibility index (Phi) is 9.24. The van der Waals surface area contributed by atoms with Crippen molar-refractivity contribution in [1.82, 2.24) is 5.32 Å². The van der Waals surface area contributed by atoms with E-state index >= 15 is 0 Å². The van der Waals surface area contributed by atoms with E-state index in [-0.39, 0.29) is 18.9 Å². The fourth-order valence-corrected chi connectivity index (χ4v) is 5.67. The van der Waals surface area contributed by atoms with Crippen LogP contribution < -0.4 is 14.4 Å². The Morgan fingerprint density at radius 3 is 2.68 bits per heavy atom. The molecule has 1 aliphatic carbocycles. The van der Waals surface area contributed by atoms with E-state index in [4.69, 9.17) is 16.3 Å². The van der Waals surface area contributed by atoms with Gasteiger partial charge in [0.05, 0.1) is 24.1 Å². The van der Waals surface area contributed by atoms with Gasteiger partial charge >= 0.3 is 0 Å². The van der Waals surface area contributed by atoms with Crippen LogP contribution in [0.5, 0.6) is 5.75 Å². The van der Waals surface area contributed by atoms with Crippen molar-refractivity contribution in [2.24, 2.45) is 0 Å². The van der Waals surface area contributed by atoms with Gasteiger partial charge in [-0.15, -0.1) is 0 Å². The molecule has 28 heavy (non-hydrogen) atoms. The zero-order valence-corrected chi connectivity index (χ0v) is 18.8. The van der Waals surface area contributed by atoms with Crippen molar-refractivity contribution in [1.29, 1.82) is 0 Å². The number of carbonyl (C=O) groups excluding carboxylic acids is 1. The van der Waals surface area contributed by atoms with Crippen molar-refractivity contribution in [3.05, 3.63) is 23.2 Å². The molecule has 0 radical (unpaired) electrons.